The summed E-state index contributed by atoms with van der Waals surface area (Å²) in [4.78, 5) is 0. The van der Waals surface area contributed by atoms with Crippen LogP contribution in [0.4, 0.5) is 8.78 Å². The monoisotopic (exact) mass is 362 g/mol. The van der Waals surface area contributed by atoms with Gasteiger partial charge in [0.1, 0.15) is 0 Å². The van der Waals surface area contributed by atoms with E-state index in [9.17, 15) is 8.78 Å². The second-order valence-corrected chi connectivity index (χ2v) is 7.59. The van der Waals surface area contributed by atoms with Crippen molar-refractivity contribution in [1.82, 2.24) is 0 Å². The first-order valence-corrected chi connectivity index (χ1v) is 9.59. The van der Waals surface area contributed by atoms with E-state index in [2.05, 4.69) is 6.92 Å². The van der Waals surface area contributed by atoms with Crippen molar-refractivity contribution in [3.05, 3.63) is 35.9 Å². The van der Waals surface area contributed by atoms with Gasteiger partial charge in [-0.2, -0.15) is 0 Å². The molecule has 1 aliphatic carbocycles. The van der Waals surface area contributed by atoms with E-state index in [1.165, 1.54) is 0 Å². The van der Waals surface area contributed by atoms with Crippen LogP contribution < -0.4 is 9.47 Å². The van der Waals surface area contributed by atoms with Crippen LogP contribution in [0.15, 0.2) is 24.3 Å². The molecule has 0 amide bonds. The van der Waals surface area contributed by atoms with Gasteiger partial charge in [0.2, 0.25) is 0 Å². The predicted molar refractivity (Wildman–Crippen MR) is 97.9 cm³/mol. The molecule has 25 heavy (non-hydrogen) atoms. The van der Waals surface area contributed by atoms with Crippen LogP contribution >= 0.6 is 11.3 Å². The van der Waals surface area contributed by atoms with Crippen LogP contribution in [0.5, 0.6) is 11.5 Å². The normalized spacial score (nSPS) is 14.4. The highest BCUT2D eigenvalue weighted by Gasteiger charge is 2.23. The van der Waals surface area contributed by atoms with Crippen LogP contribution in [-0.4, -0.2) is 13.2 Å². The third-order valence-electron chi connectivity index (χ3n) is 4.54. The lowest BCUT2D eigenvalue weighted by Gasteiger charge is -2.07. The first kappa shape index (κ1) is 16.6. The van der Waals surface area contributed by atoms with E-state index in [1.807, 2.05) is 12.1 Å². The number of fused-ring (bicyclic) bond motifs is 3. The lowest BCUT2D eigenvalue weighted by atomic mass is 10.1. The van der Waals surface area contributed by atoms with Gasteiger partial charge in [0.05, 0.1) is 22.6 Å². The van der Waals surface area contributed by atoms with E-state index in [1.54, 1.807) is 12.1 Å². The van der Waals surface area contributed by atoms with Gasteiger partial charge in [0, 0.05) is 10.8 Å². The molecular formula is C20H20F2O2S. The lowest BCUT2D eigenvalue weighted by molar-refractivity contribution is 0.286. The Morgan fingerprint density at radius 3 is 2.12 bits per heavy atom. The second-order valence-electron chi connectivity index (χ2n) is 6.57. The molecule has 1 saturated carbocycles. The van der Waals surface area contributed by atoms with Gasteiger partial charge >= 0.3 is 0 Å². The average molecular weight is 362 g/mol. The SMILES string of the molecule is CCCCOc1ccc2c(sc3c(F)c(OCC4CC4)ccc32)c1F. The third-order valence-corrected chi connectivity index (χ3v) is 5.75. The van der Waals surface area contributed by atoms with Crippen LogP contribution in [0.1, 0.15) is 32.6 Å². The maximum atomic E-state index is 14.8. The topological polar surface area (TPSA) is 18.5 Å². The van der Waals surface area contributed by atoms with Crippen LogP contribution in [0.25, 0.3) is 20.2 Å². The Morgan fingerprint density at radius 1 is 0.960 bits per heavy atom. The summed E-state index contributed by atoms with van der Waals surface area (Å²) in [6.07, 6.45) is 4.17. The Kier molecular flexibility index (Phi) is 4.50. The summed E-state index contributed by atoms with van der Waals surface area (Å²) in [7, 11) is 0. The molecule has 5 heteroatoms. The van der Waals surface area contributed by atoms with Crippen LogP contribution in [0, 0.1) is 17.6 Å². The molecule has 132 valence electrons. The van der Waals surface area contributed by atoms with Gasteiger partial charge in [0.25, 0.3) is 0 Å². The highest BCUT2D eigenvalue weighted by molar-refractivity contribution is 7.25. The molecule has 0 unspecified atom stereocenters. The fourth-order valence-corrected chi connectivity index (χ4v) is 4.00. The quantitative estimate of drug-likeness (QED) is 0.459. The number of hydrogen-bond donors (Lipinski definition) is 0. The summed E-state index contributed by atoms with van der Waals surface area (Å²) < 4.78 is 41.5. The number of ether oxygens (including phenoxy) is 2. The van der Waals surface area contributed by atoms with Crippen molar-refractivity contribution in [2.45, 2.75) is 32.6 Å². The van der Waals surface area contributed by atoms with Crippen LogP contribution in [0.2, 0.25) is 0 Å². The maximum absolute atomic E-state index is 14.8. The Bertz CT molecular complexity index is 915. The minimum atomic E-state index is -0.408. The predicted octanol–water partition coefficient (Wildman–Crippen LogP) is 6.30. The van der Waals surface area contributed by atoms with Crippen molar-refractivity contribution in [2.24, 2.45) is 5.92 Å². The summed E-state index contributed by atoms with van der Waals surface area (Å²) in [6, 6.07) is 6.91. The zero-order chi connectivity index (χ0) is 17.4. The molecule has 3 aromatic rings. The number of rotatable bonds is 7. The molecule has 1 aromatic heterocycles. The number of halogens is 2. The molecule has 0 radical (unpaired) electrons. The molecule has 0 atom stereocenters. The van der Waals surface area contributed by atoms with Gasteiger partial charge in [-0.05, 0) is 49.4 Å². The van der Waals surface area contributed by atoms with E-state index in [0.29, 0.717) is 33.9 Å². The van der Waals surface area contributed by atoms with Gasteiger partial charge in [-0.3, -0.25) is 0 Å². The molecule has 1 aliphatic rings. The molecule has 0 saturated heterocycles. The van der Waals surface area contributed by atoms with E-state index in [4.69, 9.17) is 9.47 Å². The summed E-state index contributed by atoms with van der Waals surface area (Å²) >= 11 is 1.12. The number of hydrogen-bond acceptors (Lipinski definition) is 3. The summed E-state index contributed by atoms with van der Waals surface area (Å²) in [5, 5.41) is 1.43. The number of benzene rings is 2. The summed E-state index contributed by atoms with van der Waals surface area (Å²) in [5.41, 5.74) is 0. The Morgan fingerprint density at radius 2 is 1.56 bits per heavy atom. The molecule has 0 spiro atoms. The third kappa shape index (κ3) is 3.17. The van der Waals surface area contributed by atoms with Crippen LogP contribution in [0.3, 0.4) is 0 Å². The lowest BCUT2D eigenvalue weighted by Crippen LogP contribution is -2.00. The molecule has 4 rings (SSSR count). The molecule has 1 heterocycles. The summed E-state index contributed by atoms with van der Waals surface area (Å²) in [6.45, 7) is 3.09. The second kappa shape index (κ2) is 6.79. The van der Waals surface area contributed by atoms with E-state index < -0.39 is 11.6 Å². The average Bonchev–Trinajstić information content (AvgIpc) is 3.36. The van der Waals surface area contributed by atoms with Crippen molar-refractivity contribution in [3.63, 3.8) is 0 Å². The standard InChI is InChI=1S/C20H20F2O2S/c1-2-3-10-23-15-8-6-13-14-7-9-16(24-11-12-4-5-12)18(22)20(14)25-19(13)17(15)21/h6-9,12H,2-5,10-11H2,1H3. The molecule has 0 N–H and O–H groups in total. The smallest absolute Gasteiger partial charge is 0.182 e. The van der Waals surface area contributed by atoms with Crippen molar-refractivity contribution in [2.75, 3.05) is 13.2 Å². The maximum Gasteiger partial charge on any atom is 0.182 e. The van der Waals surface area contributed by atoms with Crippen molar-refractivity contribution >= 4 is 31.5 Å². The van der Waals surface area contributed by atoms with Crippen LogP contribution in [-0.2, 0) is 0 Å². The Balaban J connectivity index is 1.71. The fourth-order valence-electron chi connectivity index (χ4n) is 2.84. The van der Waals surface area contributed by atoms with Crippen molar-refractivity contribution < 1.29 is 18.3 Å². The minimum absolute atomic E-state index is 0.234. The van der Waals surface area contributed by atoms with Gasteiger partial charge in [-0.1, -0.05) is 13.3 Å². The van der Waals surface area contributed by atoms with E-state index in [0.717, 1.165) is 42.4 Å². The van der Waals surface area contributed by atoms with Gasteiger partial charge < -0.3 is 9.47 Å². The molecule has 1 fully saturated rings. The molecule has 2 aromatic carbocycles. The summed E-state index contributed by atoms with van der Waals surface area (Å²) in [5.74, 6) is 0.239. The van der Waals surface area contributed by atoms with Gasteiger partial charge in [-0.25, -0.2) is 8.78 Å². The highest BCUT2D eigenvalue weighted by Crippen LogP contribution is 2.42. The first-order chi connectivity index (χ1) is 12.2. The van der Waals surface area contributed by atoms with Crippen molar-refractivity contribution in [3.8, 4) is 11.5 Å². The fraction of sp³-hybridized carbons (Fsp3) is 0.400. The highest BCUT2D eigenvalue weighted by atomic mass is 32.1. The largest absolute Gasteiger partial charge is 0.490 e. The Hall–Kier alpha value is -1.88. The first-order valence-electron chi connectivity index (χ1n) is 8.78. The van der Waals surface area contributed by atoms with E-state index >= 15 is 0 Å². The molecule has 0 bridgehead atoms. The van der Waals surface area contributed by atoms with Gasteiger partial charge in [-0.15, -0.1) is 11.3 Å². The molecular weight excluding hydrogens is 342 g/mol. The zero-order valence-electron chi connectivity index (χ0n) is 14.1. The Labute approximate surface area is 149 Å². The number of thiophene rings is 1. The molecule has 2 nitrogen and oxygen atoms in total. The molecule has 0 aliphatic heterocycles. The van der Waals surface area contributed by atoms with Gasteiger partial charge in [0.15, 0.2) is 23.1 Å². The van der Waals surface area contributed by atoms with E-state index in [-0.39, 0.29) is 11.5 Å². The minimum Gasteiger partial charge on any atom is -0.490 e. The zero-order valence-corrected chi connectivity index (χ0v) is 14.9. The number of unbranched alkanes of at least 4 members (excludes halogenated alkanes) is 1. The van der Waals surface area contributed by atoms with Crippen molar-refractivity contribution in [1.29, 1.82) is 0 Å².